The van der Waals surface area contributed by atoms with Gasteiger partial charge in [-0.2, -0.15) is 0 Å². The third-order valence-electron chi connectivity index (χ3n) is 4.08. The van der Waals surface area contributed by atoms with Gasteiger partial charge in [0.2, 0.25) is 11.8 Å². The topological polar surface area (TPSA) is 61.4 Å². The fraction of sp³-hybridized carbons (Fsp3) is 0.529. The van der Waals surface area contributed by atoms with E-state index in [9.17, 15) is 9.59 Å². The van der Waals surface area contributed by atoms with Crippen LogP contribution in [0.1, 0.15) is 32.3 Å². The zero-order valence-corrected chi connectivity index (χ0v) is 13.6. The third-order valence-corrected chi connectivity index (χ3v) is 4.08. The number of nitrogens with one attached hydrogen (secondary N) is 2. The van der Waals surface area contributed by atoms with Crippen LogP contribution in [0.4, 0.5) is 11.4 Å². The Morgan fingerprint density at radius 2 is 1.91 bits per heavy atom. The van der Waals surface area contributed by atoms with Gasteiger partial charge in [-0.25, -0.2) is 0 Å². The summed E-state index contributed by atoms with van der Waals surface area (Å²) >= 11 is 0. The van der Waals surface area contributed by atoms with Crippen molar-refractivity contribution >= 4 is 23.2 Å². The lowest BCUT2D eigenvalue weighted by atomic mass is 9.99. The van der Waals surface area contributed by atoms with Gasteiger partial charge in [-0.05, 0) is 56.5 Å². The van der Waals surface area contributed by atoms with Crippen LogP contribution in [-0.2, 0) is 9.59 Å². The lowest BCUT2D eigenvalue weighted by Crippen LogP contribution is -2.38. The highest BCUT2D eigenvalue weighted by atomic mass is 16.2. The van der Waals surface area contributed by atoms with Crippen LogP contribution >= 0.6 is 0 Å². The number of amides is 2. The summed E-state index contributed by atoms with van der Waals surface area (Å²) in [5, 5.41) is 5.68. The maximum Gasteiger partial charge on any atom is 0.238 e. The molecule has 2 rings (SSSR count). The molecule has 1 aliphatic rings. The molecule has 0 aliphatic carbocycles. The van der Waals surface area contributed by atoms with Gasteiger partial charge in [-0.15, -0.1) is 0 Å². The van der Waals surface area contributed by atoms with E-state index in [-0.39, 0.29) is 11.8 Å². The highest BCUT2D eigenvalue weighted by molar-refractivity contribution is 5.94. The van der Waals surface area contributed by atoms with Gasteiger partial charge in [0, 0.05) is 18.3 Å². The highest BCUT2D eigenvalue weighted by Crippen LogP contribution is 2.20. The van der Waals surface area contributed by atoms with Crippen LogP contribution in [0.3, 0.4) is 0 Å². The van der Waals surface area contributed by atoms with E-state index in [1.54, 1.807) is 6.07 Å². The molecule has 5 nitrogen and oxygen atoms in total. The maximum atomic E-state index is 12.1. The number of hydrogen-bond donors (Lipinski definition) is 2. The molecule has 1 heterocycles. The van der Waals surface area contributed by atoms with E-state index in [1.165, 1.54) is 6.92 Å². The molecule has 0 bridgehead atoms. The molecular formula is C17H25N3O2. The Morgan fingerprint density at radius 1 is 1.23 bits per heavy atom. The molecule has 0 unspecified atom stereocenters. The van der Waals surface area contributed by atoms with Crippen LogP contribution in [0, 0.1) is 12.8 Å². The van der Waals surface area contributed by atoms with Crippen LogP contribution in [-0.4, -0.2) is 36.3 Å². The standard InChI is InChI=1S/C17H25N3O2/c1-12-6-8-20(9-7-12)11-17(22)19-15-5-4-13(2)16(10-15)18-14(3)21/h4-5,10,12H,6-9,11H2,1-3H3,(H,18,21)(H,19,22). The lowest BCUT2D eigenvalue weighted by Gasteiger charge is -2.29. The minimum Gasteiger partial charge on any atom is -0.326 e. The molecule has 22 heavy (non-hydrogen) atoms. The van der Waals surface area contributed by atoms with Crippen molar-refractivity contribution in [3.05, 3.63) is 23.8 Å². The van der Waals surface area contributed by atoms with Gasteiger partial charge in [0.25, 0.3) is 0 Å². The molecule has 1 aromatic rings. The summed E-state index contributed by atoms with van der Waals surface area (Å²) in [5.41, 5.74) is 2.42. The van der Waals surface area contributed by atoms with Crippen LogP contribution in [0.15, 0.2) is 18.2 Å². The van der Waals surface area contributed by atoms with Crippen molar-refractivity contribution in [1.82, 2.24) is 4.90 Å². The van der Waals surface area contributed by atoms with Crippen molar-refractivity contribution in [2.24, 2.45) is 5.92 Å². The second-order valence-electron chi connectivity index (χ2n) is 6.22. The molecule has 2 amide bonds. The van der Waals surface area contributed by atoms with Gasteiger partial charge >= 0.3 is 0 Å². The second-order valence-corrected chi connectivity index (χ2v) is 6.22. The normalized spacial score (nSPS) is 16.3. The van der Waals surface area contributed by atoms with Crippen molar-refractivity contribution in [3.8, 4) is 0 Å². The molecule has 5 heteroatoms. The number of carbonyl (C=O) groups is 2. The average Bonchev–Trinajstić information content (AvgIpc) is 2.44. The smallest absolute Gasteiger partial charge is 0.238 e. The lowest BCUT2D eigenvalue weighted by molar-refractivity contribution is -0.117. The maximum absolute atomic E-state index is 12.1. The van der Waals surface area contributed by atoms with Crippen molar-refractivity contribution in [3.63, 3.8) is 0 Å². The first-order valence-corrected chi connectivity index (χ1v) is 7.84. The number of nitrogens with zero attached hydrogens (tertiary/aromatic N) is 1. The van der Waals surface area contributed by atoms with E-state index in [1.807, 2.05) is 19.1 Å². The van der Waals surface area contributed by atoms with Crippen LogP contribution < -0.4 is 10.6 Å². The predicted molar refractivity (Wildman–Crippen MR) is 89.0 cm³/mol. The van der Waals surface area contributed by atoms with Crippen LogP contribution in [0.25, 0.3) is 0 Å². The summed E-state index contributed by atoms with van der Waals surface area (Å²) in [6.07, 6.45) is 2.31. The zero-order valence-electron chi connectivity index (χ0n) is 13.6. The summed E-state index contributed by atoms with van der Waals surface area (Å²) in [6.45, 7) is 8.05. The zero-order chi connectivity index (χ0) is 16.1. The number of rotatable bonds is 4. The summed E-state index contributed by atoms with van der Waals surface area (Å²) in [4.78, 5) is 25.5. The molecule has 0 spiro atoms. The van der Waals surface area contributed by atoms with Crippen LogP contribution in [0.2, 0.25) is 0 Å². The Balaban J connectivity index is 1.92. The van der Waals surface area contributed by atoms with Crippen LogP contribution in [0.5, 0.6) is 0 Å². The van der Waals surface area contributed by atoms with Crippen molar-refractivity contribution in [2.75, 3.05) is 30.3 Å². The fourth-order valence-corrected chi connectivity index (χ4v) is 2.65. The summed E-state index contributed by atoms with van der Waals surface area (Å²) in [6, 6.07) is 5.55. The first-order chi connectivity index (χ1) is 10.4. The van der Waals surface area contributed by atoms with E-state index < -0.39 is 0 Å². The monoisotopic (exact) mass is 303 g/mol. The quantitative estimate of drug-likeness (QED) is 0.899. The predicted octanol–water partition coefficient (Wildman–Crippen LogP) is 2.62. The molecule has 1 aliphatic heterocycles. The van der Waals surface area contributed by atoms with E-state index in [4.69, 9.17) is 0 Å². The largest absolute Gasteiger partial charge is 0.326 e. The molecule has 0 atom stereocenters. The first kappa shape index (κ1) is 16.5. The number of carbonyl (C=O) groups excluding carboxylic acids is 2. The Kier molecular flexibility index (Phi) is 5.55. The number of anilines is 2. The number of benzene rings is 1. The summed E-state index contributed by atoms with van der Waals surface area (Å²) in [7, 11) is 0. The van der Waals surface area contributed by atoms with Crippen molar-refractivity contribution < 1.29 is 9.59 Å². The minimum absolute atomic E-state index is 0.00724. The molecule has 2 N–H and O–H groups in total. The second kappa shape index (κ2) is 7.40. The first-order valence-electron chi connectivity index (χ1n) is 7.84. The molecule has 120 valence electrons. The summed E-state index contributed by atoms with van der Waals surface area (Å²) < 4.78 is 0. The van der Waals surface area contributed by atoms with Gasteiger partial charge in [0.05, 0.1) is 6.54 Å². The minimum atomic E-state index is -0.117. The molecule has 0 radical (unpaired) electrons. The highest BCUT2D eigenvalue weighted by Gasteiger charge is 2.18. The van der Waals surface area contributed by atoms with Gasteiger partial charge in [0.1, 0.15) is 0 Å². The number of hydrogen-bond acceptors (Lipinski definition) is 3. The number of aryl methyl sites for hydroxylation is 1. The van der Waals surface area contributed by atoms with Crippen molar-refractivity contribution in [2.45, 2.75) is 33.6 Å². The van der Waals surface area contributed by atoms with Crippen molar-refractivity contribution in [1.29, 1.82) is 0 Å². The van der Waals surface area contributed by atoms with Gasteiger partial charge in [-0.3, -0.25) is 14.5 Å². The molecule has 1 aromatic carbocycles. The number of likely N-dealkylation sites (tertiary alicyclic amines) is 1. The Hall–Kier alpha value is -1.88. The molecule has 0 aromatic heterocycles. The Labute approximate surface area is 132 Å². The van der Waals surface area contributed by atoms with Gasteiger partial charge in [0.15, 0.2) is 0 Å². The molecular weight excluding hydrogens is 278 g/mol. The summed E-state index contributed by atoms with van der Waals surface area (Å²) in [5.74, 6) is 0.637. The molecule has 0 saturated carbocycles. The Morgan fingerprint density at radius 3 is 2.55 bits per heavy atom. The Bertz CT molecular complexity index is 549. The van der Waals surface area contributed by atoms with E-state index in [0.717, 1.165) is 43.1 Å². The van der Waals surface area contributed by atoms with E-state index in [0.29, 0.717) is 12.2 Å². The van der Waals surface area contributed by atoms with E-state index in [2.05, 4.69) is 22.5 Å². The molecule has 1 fully saturated rings. The van der Waals surface area contributed by atoms with Gasteiger partial charge < -0.3 is 10.6 Å². The van der Waals surface area contributed by atoms with Gasteiger partial charge in [-0.1, -0.05) is 13.0 Å². The van der Waals surface area contributed by atoms with E-state index >= 15 is 0 Å². The average molecular weight is 303 g/mol. The SMILES string of the molecule is CC(=O)Nc1cc(NC(=O)CN2CCC(C)CC2)ccc1C. The number of piperidine rings is 1. The third kappa shape index (κ3) is 4.84. The molecule has 1 saturated heterocycles. The fourth-order valence-electron chi connectivity index (χ4n) is 2.65.